The van der Waals surface area contributed by atoms with Crippen LogP contribution in [0.3, 0.4) is 0 Å². The number of amides is 1. The van der Waals surface area contributed by atoms with E-state index < -0.39 is 5.56 Å². The zero-order valence-corrected chi connectivity index (χ0v) is 15.2. The first-order valence-corrected chi connectivity index (χ1v) is 8.73. The molecular formula is C19H18N6O3. The Kier molecular flexibility index (Phi) is 4.71. The minimum atomic E-state index is -0.409. The highest BCUT2D eigenvalue weighted by Gasteiger charge is 2.14. The Bertz CT molecular complexity index is 1160. The van der Waals surface area contributed by atoms with Crippen LogP contribution in [0, 0.1) is 6.92 Å². The van der Waals surface area contributed by atoms with E-state index in [1.165, 1.54) is 22.7 Å². The summed E-state index contributed by atoms with van der Waals surface area (Å²) in [6, 6.07) is 11.5. The number of nitrogens with one attached hydrogen (secondary N) is 1. The molecule has 1 amide bonds. The number of benzene rings is 1. The molecule has 0 spiro atoms. The molecule has 0 aliphatic carbocycles. The van der Waals surface area contributed by atoms with Gasteiger partial charge in [-0.3, -0.25) is 14.2 Å². The second-order valence-corrected chi connectivity index (χ2v) is 6.44. The van der Waals surface area contributed by atoms with Crippen molar-refractivity contribution in [1.82, 2.24) is 29.9 Å². The van der Waals surface area contributed by atoms with Crippen molar-refractivity contribution >= 4 is 17.1 Å². The number of aromatic nitrogens is 5. The first kappa shape index (κ1) is 17.7. The summed E-state index contributed by atoms with van der Waals surface area (Å²) in [6.45, 7) is 2.57. The van der Waals surface area contributed by atoms with Gasteiger partial charge in [-0.2, -0.15) is 0 Å². The van der Waals surface area contributed by atoms with Crippen molar-refractivity contribution in [3.05, 3.63) is 76.2 Å². The van der Waals surface area contributed by atoms with E-state index in [9.17, 15) is 9.59 Å². The zero-order valence-electron chi connectivity index (χ0n) is 15.2. The predicted octanol–water partition coefficient (Wildman–Crippen LogP) is 1.25. The fourth-order valence-electron chi connectivity index (χ4n) is 2.78. The van der Waals surface area contributed by atoms with E-state index in [-0.39, 0.29) is 24.5 Å². The van der Waals surface area contributed by atoms with Gasteiger partial charge in [0.05, 0.1) is 19.4 Å². The molecule has 3 aromatic heterocycles. The minimum Gasteiger partial charge on any atom is -0.467 e. The van der Waals surface area contributed by atoms with Gasteiger partial charge < -0.3 is 9.73 Å². The summed E-state index contributed by atoms with van der Waals surface area (Å²) < 4.78 is 7.94. The van der Waals surface area contributed by atoms with Crippen LogP contribution in [0.25, 0.3) is 11.2 Å². The van der Waals surface area contributed by atoms with Gasteiger partial charge in [-0.15, -0.1) is 5.10 Å². The van der Waals surface area contributed by atoms with Crippen LogP contribution in [-0.2, 0) is 24.4 Å². The fraction of sp³-hybridized carbons (Fsp3) is 0.211. The van der Waals surface area contributed by atoms with Crippen LogP contribution in [-0.4, -0.2) is 30.5 Å². The highest BCUT2D eigenvalue weighted by molar-refractivity contribution is 5.76. The fourth-order valence-corrected chi connectivity index (χ4v) is 2.78. The number of furan rings is 1. The molecular weight excluding hydrogens is 360 g/mol. The Morgan fingerprint density at radius 1 is 1.21 bits per heavy atom. The van der Waals surface area contributed by atoms with Gasteiger partial charge in [0.15, 0.2) is 11.2 Å². The molecule has 9 nitrogen and oxygen atoms in total. The van der Waals surface area contributed by atoms with Crippen molar-refractivity contribution in [1.29, 1.82) is 0 Å². The van der Waals surface area contributed by atoms with Gasteiger partial charge >= 0.3 is 0 Å². The molecule has 1 N–H and O–H groups in total. The molecule has 3 heterocycles. The molecule has 9 heteroatoms. The predicted molar refractivity (Wildman–Crippen MR) is 100 cm³/mol. The summed E-state index contributed by atoms with van der Waals surface area (Å²) in [5, 5.41) is 10.7. The van der Waals surface area contributed by atoms with E-state index >= 15 is 0 Å². The normalized spacial score (nSPS) is 11.0. The maximum atomic E-state index is 12.6. The molecule has 0 aliphatic rings. The average molecular weight is 378 g/mol. The Morgan fingerprint density at radius 2 is 2.04 bits per heavy atom. The number of carbonyl (C=O) groups excluding carboxylic acids is 1. The van der Waals surface area contributed by atoms with E-state index in [4.69, 9.17) is 4.42 Å². The van der Waals surface area contributed by atoms with Crippen molar-refractivity contribution in [2.75, 3.05) is 0 Å². The van der Waals surface area contributed by atoms with Crippen LogP contribution >= 0.6 is 0 Å². The van der Waals surface area contributed by atoms with Gasteiger partial charge in [0.25, 0.3) is 5.56 Å². The highest BCUT2D eigenvalue weighted by Crippen LogP contribution is 2.08. The van der Waals surface area contributed by atoms with Crippen LogP contribution < -0.4 is 10.9 Å². The lowest BCUT2D eigenvalue weighted by molar-refractivity contribution is -0.122. The van der Waals surface area contributed by atoms with E-state index in [0.717, 1.165) is 5.56 Å². The minimum absolute atomic E-state index is 0.133. The van der Waals surface area contributed by atoms with Crippen molar-refractivity contribution in [2.45, 2.75) is 26.6 Å². The number of hydrogen-bond donors (Lipinski definition) is 1. The Hall–Kier alpha value is -3.75. The molecule has 0 fully saturated rings. The summed E-state index contributed by atoms with van der Waals surface area (Å²) in [6.07, 6.45) is 2.87. The molecule has 0 unspecified atom stereocenters. The maximum Gasteiger partial charge on any atom is 0.283 e. The molecule has 0 bridgehead atoms. The summed E-state index contributed by atoms with van der Waals surface area (Å²) in [7, 11) is 0. The van der Waals surface area contributed by atoms with Crippen molar-refractivity contribution in [2.24, 2.45) is 0 Å². The van der Waals surface area contributed by atoms with Crippen LogP contribution in [0.5, 0.6) is 0 Å². The van der Waals surface area contributed by atoms with E-state index in [0.29, 0.717) is 18.0 Å². The molecule has 1 aromatic carbocycles. The standard InChI is InChI=1S/C19H18N6O3/c1-13-4-6-14(7-5-13)10-25-18-17(22-23-25)19(27)24(12-21-18)11-16(26)20-9-15-3-2-8-28-15/h2-8,12H,9-11H2,1H3,(H,20,26). The Balaban J connectivity index is 1.50. The van der Waals surface area contributed by atoms with Crippen molar-refractivity contribution in [3.63, 3.8) is 0 Å². The third-order valence-corrected chi connectivity index (χ3v) is 4.30. The molecule has 0 radical (unpaired) electrons. The number of aryl methyl sites for hydroxylation is 1. The molecule has 4 rings (SSSR count). The lowest BCUT2D eigenvalue weighted by Gasteiger charge is -2.06. The molecule has 0 aliphatic heterocycles. The number of rotatable bonds is 6. The SMILES string of the molecule is Cc1ccc(Cn2nnc3c(=O)n(CC(=O)NCc4ccco4)cnc32)cc1. The molecule has 0 atom stereocenters. The first-order valence-electron chi connectivity index (χ1n) is 8.73. The summed E-state index contributed by atoms with van der Waals surface area (Å²) >= 11 is 0. The van der Waals surface area contributed by atoms with E-state index in [1.54, 1.807) is 16.8 Å². The van der Waals surface area contributed by atoms with E-state index in [1.807, 2.05) is 31.2 Å². The van der Waals surface area contributed by atoms with Gasteiger partial charge in [0.2, 0.25) is 5.91 Å². The monoisotopic (exact) mass is 378 g/mol. The van der Waals surface area contributed by atoms with Crippen molar-refractivity contribution < 1.29 is 9.21 Å². The Morgan fingerprint density at radius 3 is 2.79 bits per heavy atom. The summed E-state index contributed by atoms with van der Waals surface area (Å²) in [4.78, 5) is 29.0. The largest absolute Gasteiger partial charge is 0.467 e. The average Bonchev–Trinajstić information content (AvgIpc) is 3.35. The topological polar surface area (TPSA) is 108 Å². The summed E-state index contributed by atoms with van der Waals surface area (Å²) in [5.74, 6) is 0.306. The number of nitrogens with zero attached hydrogens (tertiary/aromatic N) is 5. The molecule has 4 aromatic rings. The first-order chi connectivity index (χ1) is 13.6. The van der Waals surface area contributed by atoms with Crippen LogP contribution in [0.4, 0.5) is 0 Å². The lowest BCUT2D eigenvalue weighted by Crippen LogP contribution is -2.32. The van der Waals surface area contributed by atoms with Gasteiger partial charge in [-0.05, 0) is 24.6 Å². The number of fused-ring (bicyclic) bond motifs is 1. The van der Waals surface area contributed by atoms with Crippen LogP contribution in [0.1, 0.15) is 16.9 Å². The maximum absolute atomic E-state index is 12.6. The number of hydrogen-bond acceptors (Lipinski definition) is 6. The van der Waals surface area contributed by atoms with Gasteiger partial charge in [0.1, 0.15) is 18.6 Å². The molecule has 0 saturated heterocycles. The van der Waals surface area contributed by atoms with Gasteiger partial charge in [-0.1, -0.05) is 35.0 Å². The lowest BCUT2D eigenvalue weighted by atomic mass is 10.1. The van der Waals surface area contributed by atoms with Crippen LogP contribution in [0.2, 0.25) is 0 Å². The smallest absolute Gasteiger partial charge is 0.283 e. The highest BCUT2D eigenvalue weighted by atomic mass is 16.3. The zero-order chi connectivity index (χ0) is 19.5. The molecule has 0 saturated carbocycles. The molecule has 28 heavy (non-hydrogen) atoms. The molecule has 142 valence electrons. The summed E-state index contributed by atoms with van der Waals surface area (Å²) in [5.41, 5.74) is 2.30. The third-order valence-electron chi connectivity index (χ3n) is 4.30. The van der Waals surface area contributed by atoms with Gasteiger partial charge in [0, 0.05) is 0 Å². The second kappa shape index (κ2) is 7.47. The van der Waals surface area contributed by atoms with Crippen molar-refractivity contribution in [3.8, 4) is 0 Å². The Labute approximate surface area is 159 Å². The van der Waals surface area contributed by atoms with Crippen LogP contribution in [0.15, 0.2) is 58.2 Å². The quantitative estimate of drug-likeness (QED) is 0.541. The van der Waals surface area contributed by atoms with E-state index in [2.05, 4.69) is 20.6 Å². The second-order valence-electron chi connectivity index (χ2n) is 6.44. The number of carbonyl (C=O) groups is 1. The van der Waals surface area contributed by atoms with Gasteiger partial charge in [-0.25, -0.2) is 9.67 Å². The third kappa shape index (κ3) is 3.68.